The lowest BCUT2D eigenvalue weighted by molar-refractivity contribution is -0.138. The number of aliphatic carboxylic acids is 1. The molecule has 0 aromatic heterocycles. The van der Waals surface area contributed by atoms with E-state index >= 15 is 0 Å². The van der Waals surface area contributed by atoms with Crippen LogP contribution in [-0.4, -0.2) is 25.7 Å². The maximum Gasteiger partial charge on any atom is 0.325 e. The van der Waals surface area contributed by atoms with E-state index in [-0.39, 0.29) is 16.1 Å². The first-order valence-electron chi connectivity index (χ1n) is 4.31. The van der Waals surface area contributed by atoms with Crippen LogP contribution in [0.15, 0.2) is 23.1 Å². The van der Waals surface area contributed by atoms with Gasteiger partial charge in [-0.1, -0.05) is 6.07 Å². The van der Waals surface area contributed by atoms with Crippen molar-refractivity contribution < 1.29 is 18.3 Å². The van der Waals surface area contributed by atoms with Gasteiger partial charge in [-0.2, -0.15) is 0 Å². The van der Waals surface area contributed by atoms with Crippen LogP contribution < -0.4 is 11.5 Å². The Bertz CT molecular complexity index is 524. The molecule has 0 radical (unpaired) electrons. The van der Waals surface area contributed by atoms with Crippen LogP contribution in [0.3, 0.4) is 0 Å². The second-order valence-electron chi connectivity index (χ2n) is 3.39. The predicted octanol–water partition coefficient (Wildman–Crippen LogP) is -0.243. The summed E-state index contributed by atoms with van der Waals surface area (Å²) in [6.07, 6.45) is 0.995. The molecule has 1 atom stereocenters. The topological polar surface area (TPSA) is 123 Å². The highest BCUT2D eigenvalue weighted by Crippen LogP contribution is 2.22. The second kappa shape index (κ2) is 4.11. The largest absolute Gasteiger partial charge is 0.480 e. The van der Waals surface area contributed by atoms with E-state index in [0.717, 1.165) is 6.26 Å². The quantitative estimate of drug-likeness (QED) is 0.630. The summed E-state index contributed by atoms with van der Waals surface area (Å²) in [5.41, 5.74) is 11.1. The minimum absolute atomic E-state index is 0.0730. The lowest BCUT2D eigenvalue weighted by Gasteiger charge is -2.10. The zero-order valence-electron chi connectivity index (χ0n) is 8.54. The van der Waals surface area contributed by atoms with E-state index in [1.165, 1.54) is 18.2 Å². The monoisotopic (exact) mass is 244 g/mol. The van der Waals surface area contributed by atoms with E-state index in [9.17, 15) is 13.2 Å². The normalized spacial score (nSPS) is 13.4. The number of sulfone groups is 1. The molecule has 16 heavy (non-hydrogen) atoms. The number of benzene rings is 1. The molecule has 6 nitrogen and oxygen atoms in total. The number of nitrogen functional groups attached to an aromatic ring is 1. The maximum absolute atomic E-state index is 11.3. The minimum Gasteiger partial charge on any atom is -0.480 e. The average Bonchev–Trinajstić information content (AvgIpc) is 2.15. The molecular weight excluding hydrogens is 232 g/mol. The molecule has 0 saturated carbocycles. The minimum atomic E-state index is -3.49. The smallest absolute Gasteiger partial charge is 0.325 e. The summed E-state index contributed by atoms with van der Waals surface area (Å²) in [4.78, 5) is 10.5. The summed E-state index contributed by atoms with van der Waals surface area (Å²) in [6, 6.07) is 2.64. The van der Waals surface area contributed by atoms with Crippen LogP contribution in [-0.2, 0) is 14.6 Å². The first kappa shape index (κ1) is 12.5. The highest BCUT2D eigenvalue weighted by molar-refractivity contribution is 7.90. The molecule has 1 aromatic rings. The van der Waals surface area contributed by atoms with Crippen molar-refractivity contribution in [1.29, 1.82) is 0 Å². The van der Waals surface area contributed by atoms with Gasteiger partial charge in [0.15, 0.2) is 9.84 Å². The third-order valence-electron chi connectivity index (χ3n) is 2.06. The van der Waals surface area contributed by atoms with Crippen LogP contribution in [0.1, 0.15) is 11.6 Å². The number of hydrogen-bond donors (Lipinski definition) is 3. The highest BCUT2D eigenvalue weighted by atomic mass is 32.2. The summed E-state index contributed by atoms with van der Waals surface area (Å²) in [5.74, 6) is -1.23. The van der Waals surface area contributed by atoms with Gasteiger partial charge in [0.25, 0.3) is 0 Å². The van der Waals surface area contributed by atoms with E-state index in [0.29, 0.717) is 0 Å². The Hall–Kier alpha value is -1.60. The van der Waals surface area contributed by atoms with Crippen molar-refractivity contribution in [3.8, 4) is 0 Å². The van der Waals surface area contributed by atoms with E-state index in [2.05, 4.69) is 0 Å². The Morgan fingerprint density at radius 1 is 1.44 bits per heavy atom. The summed E-state index contributed by atoms with van der Waals surface area (Å²) >= 11 is 0. The number of carbonyl (C=O) groups is 1. The predicted molar refractivity (Wildman–Crippen MR) is 58.5 cm³/mol. The standard InChI is InChI=1S/C9H12N2O4S/c1-16(14,15)7-4-5(2-3-6(7)10)8(11)9(12)13/h2-4,8H,10-11H2,1H3,(H,12,13). The molecule has 7 heteroatoms. The molecule has 1 aromatic carbocycles. The zero-order valence-corrected chi connectivity index (χ0v) is 9.36. The Morgan fingerprint density at radius 3 is 2.44 bits per heavy atom. The Labute approximate surface area is 92.8 Å². The van der Waals surface area contributed by atoms with E-state index < -0.39 is 21.8 Å². The Kier molecular flexibility index (Phi) is 3.20. The fraction of sp³-hybridized carbons (Fsp3) is 0.222. The van der Waals surface area contributed by atoms with E-state index in [4.69, 9.17) is 16.6 Å². The van der Waals surface area contributed by atoms with Gasteiger partial charge in [0, 0.05) is 6.26 Å². The summed E-state index contributed by atoms with van der Waals surface area (Å²) in [5, 5.41) is 8.69. The van der Waals surface area contributed by atoms with Crippen LogP contribution in [0.4, 0.5) is 5.69 Å². The third kappa shape index (κ3) is 2.50. The van der Waals surface area contributed by atoms with Crippen molar-refractivity contribution in [3.63, 3.8) is 0 Å². The van der Waals surface area contributed by atoms with Gasteiger partial charge in [-0.05, 0) is 17.7 Å². The number of carboxylic acids is 1. The number of nitrogens with two attached hydrogens (primary N) is 2. The zero-order chi connectivity index (χ0) is 12.5. The fourth-order valence-electron chi connectivity index (χ4n) is 1.21. The molecule has 0 saturated heterocycles. The van der Waals surface area contributed by atoms with Gasteiger partial charge in [-0.3, -0.25) is 4.79 Å². The Balaban J connectivity index is 3.34. The van der Waals surface area contributed by atoms with Crippen LogP contribution in [0, 0.1) is 0 Å². The molecule has 0 aliphatic heterocycles. The maximum atomic E-state index is 11.3. The molecule has 0 aliphatic carbocycles. The first-order valence-corrected chi connectivity index (χ1v) is 6.20. The molecule has 0 amide bonds. The number of anilines is 1. The lowest BCUT2D eigenvalue weighted by atomic mass is 10.1. The van der Waals surface area contributed by atoms with Gasteiger partial charge in [-0.25, -0.2) is 8.42 Å². The van der Waals surface area contributed by atoms with Crippen molar-refractivity contribution in [2.75, 3.05) is 12.0 Å². The molecule has 0 heterocycles. The summed E-state index contributed by atoms with van der Waals surface area (Å²) < 4.78 is 22.7. The fourth-order valence-corrected chi connectivity index (χ4v) is 2.05. The molecule has 0 spiro atoms. The second-order valence-corrected chi connectivity index (χ2v) is 5.37. The number of carboxylic acid groups (broad SMARTS) is 1. The number of rotatable bonds is 3. The van der Waals surface area contributed by atoms with Crippen LogP contribution in [0.2, 0.25) is 0 Å². The van der Waals surface area contributed by atoms with E-state index in [1.807, 2.05) is 0 Å². The van der Waals surface area contributed by atoms with Crippen LogP contribution in [0.5, 0.6) is 0 Å². The van der Waals surface area contributed by atoms with Gasteiger partial charge in [0.2, 0.25) is 0 Å². The molecule has 0 bridgehead atoms. The van der Waals surface area contributed by atoms with Crippen molar-refractivity contribution in [2.24, 2.45) is 5.73 Å². The molecule has 1 rings (SSSR count). The van der Waals surface area contributed by atoms with Gasteiger partial charge in [0.05, 0.1) is 10.6 Å². The van der Waals surface area contributed by atoms with Gasteiger partial charge in [-0.15, -0.1) is 0 Å². The van der Waals surface area contributed by atoms with Crippen molar-refractivity contribution in [2.45, 2.75) is 10.9 Å². The third-order valence-corrected chi connectivity index (χ3v) is 3.21. The first-order chi connectivity index (χ1) is 7.23. The Morgan fingerprint density at radius 2 is 2.00 bits per heavy atom. The van der Waals surface area contributed by atoms with Gasteiger partial charge in [0.1, 0.15) is 6.04 Å². The average molecular weight is 244 g/mol. The lowest BCUT2D eigenvalue weighted by Crippen LogP contribution is -2.21. The van der Waals surface area contributed by atoms with Crippen molar-refractivity contribution >= 4 is 21.5 Å². The molecule has 0 fully saturated rings. The highest BCUT2D eigenvalue weighted by Gasteiger charge is 2.18. The molecule has 5 N–H and O–H groups in total. The molecule has 0 aliphatic rings. The molecule has 88 valence electrons. The van der Waals surface area contributed by atoms with Gasteiger partial charge < -0.3 is 16.6 Å². The van der Waals surface area contributed by atoms with Crippen LogP contribution >= 0.6 is 0 Å². The molecule has 1 unspecified atom stereocenters. The SMILES string of the molecule is CS(=O)(=O)c1cc(C(N)C(=O)O)ccc1N. The van der Waals surface area contributed by atoms with Crippen molar-refractivity contribution in [1.82, 2.24) is 0 Å². The number of hydrogen-bond acceptors (Lipinski definition) is 5. The van der Waals surface area contributed by atoms with Gasteiger partial charge >= 0.3 is 5.97 Å². The van der Waals surface area contributed by atoms with Crippen LogP contribution in [0.25, 0.3) is 0 Å². The molecular formula is C9H12N2O4S. The summed E-state index contributed by atoms with van der Waals surface area (Å²) in [6.45, 7) is 0. The van der Waals surface area contributed by atoms with E-state index in [1.54, 1.807) is 0 Å². The van der Waals surface area contributed by atoms with Crippen molar-refractivity contribution in [3.05, 3.63) is 23.8 Å². The summed E-state index contributed by atoms with van der Waals surface area (Å²) in [7, 11) is -3.49.